The van der Waals surface area contributed by atoms with E-state index >= 15 is 0 Å². The number of rotatable bonds is 3. The first kappa shape index (κ1) is 13.8. The molecule has 2 aromatic rings. The van der Waals surface area contributed by atoms with Crippen molar-refractivity contribution in [3.8, 4) is 16.3 Å². The number of benzene rings is 1. The molecule has 0 aliphatic carbocycles. The number of hydrogen-bond donors (Lipinski definition) is 1. The van der Waals surface area contributed by atoms with E-state index in [0.717, 1.165) is 28.1 Å². The van der Waals surface area contributed by atoms with Crippen LogP contribution in [0.1, 0.15) is 5.69 Å². The van der Waals surface area contributed by atoms with Gasteiger partial charge < -0.3 is 4.74 Å². The number of methoxy groups -OCH3 is 1. The fourth-order valence-corrected chi connectivity index (χ4v) is 3.22. The number of carbonyl (C=O) groups excluding carboxylic acids is 2. The number of aromatic nitrogens is 1. The van der Waals surface area contributed by atoms with Gasteiger partial charge in [-0.15, -0.1) is 11.3 Å². The molecule has 0 bridgehead atoms. The SMILES string of the molecule is COc1ccc(-c2nc(/C=C3/SC(=O)NC3=O)cs2)cc1. The second-order valence-corrected chi connectivity index (χ2v) is 6.03. The van der Waals surface area contributed by atoms with E-state index in [1.54, 1.807) is 13.2 Å². The summed E-state index contributed by atoms with van der Waals surface area (Å²) in [6.45, 7) is 0. The van der Waals surface area contributed by atoms with E-state index in [0.29, 0.717) is 10.6 Å². The molecule has 106 valence electrons. The minimum atomic E-state index is -0.371. The molecule has 1 aliphatic heterocycles. The van der Waals surface area contributed by atoms with Crippen molar-refractivity contribution < 1.29 is 14.3 Å². The largest absolute Gasteiger partial charge is 0.497 e. The molecule has 1 aliphatic rings. The normalized spacial score (nSPS) is 16.3. The molecule has 1 fully saturated rings. The Balaban J connectivity index is 1.84. The van der Waals surface area contributed by atoms with Crippen LogP contribution in [-0.2, 0) is 4.79 Å². The monoisotopic (exact) mass is 318 g/mol. The smallest absolute Gasteiger partial charge is 0.290 e. The molecule has 21 heavy (non-hydrogen) atoms. The van der Waals surface area contributed by atoms with Gasteiger partial charge in [0.15, 0.2) is 0 Å². The predicted octanol–water partition coefficient (Wildman–Crippen LogP) is 3.14. The molecule has 2 amide bonds. The van der Waals surface area contributed by atoms with Crippen molar-refractivity contribution in [3.05, 3.63) is 40.2 Å². The number of nitrogens with zero attached hydrogens (tertiary/aromatic N) is 1. The van der Waals surface area contributed by atoms with Crippen LogP contribution in [0.5, 0.6) is 5.75 Å². The molecule has 5 nitrogen and oxygen atoms in total. The van der Waals surface area contributed by atoms with Gasteiger partial charge in [-0.05, 0) is 42.1 Å². The molecule has 1 aromatic heterocycles. The first-order chi connectivity index (χ1) is 10.2. The van der Waals surface area contributed by atoms with Crippen molar-refractivity contribution in [2.45, 2.75) is 0 Å². The highest BCUT2D eigenvalue weighted by molar-refractivity contribution is 8.18. The molecule has 0 unspecified atom stereocenters. The van der Waals surface area contributed by atoms with Crippen LogP contribution in [0, 0.1) is 0 Å². The molecule has 0 radical (unpaired) electrons. The first-order valence-corrected chi connectivity index (χ1v) is 7.70. The van der Waals surface area contributed by atoms with Gasteiger partial charge in [-0.25, -0.2) is 4.98 Å². The van der Waals surface area contributed by atoms with Crippen molar-refractivity contribution in [3.63, 3.8) is 0 Å². The highest BCUT2D eigenvalue weighted by Gasteiger charge is 2.25. The molecule has 7 heteroatoms. The van der Waals surface area contributed by atoms with E-state index in [1.165, 1.54) is 11.3 Å². The molecule has 0 atom stereocenters. The Bertz CT molecular complexity index is 735. The fourth-order valence-electron chi connectivity index (χ4n) is 1.77. The van der Waals surface area contributed by atoms with E-state index in [4.69, 9.17) is 4.74 Å². The van der Waals surface area contributed by atoms with Gasteiger partial charge in [0.05, 0.1) is 17.7 Å². The number of ether oxygens (including phenoxy) is 1. The summed E-state index contributed by atoms with van der Waals surface area (Å²) in [6.07, 6.45) is 1.62. The lowest BCUT2D eigenvalue weighted by Gasteiger charge is -1.99. The molecule has 0 spiro atoms. The van der Waals surface area contributed by atoms with E-state index in [9.17, 15) is 9.59 Å². The quantitative estimate of drug-likeness (QED) is 0.881. The summed E-state index contributed by atoms with van der Waals surface area (Å²) in [7, 11) is 1.62. The van der Waals surface area contributed by atoms with Gasteiger partial charge in [0, 0.05) is 10.9 Å². The van der Waals surface area contributed by atoms with Crippen LogP contribution in [0.2, 0.25) is 0 Å². The average Bonchev–Trinajstić information content (AvgIpc) is 3.07. The van der Waals surface area contributed by atoms with Gasteiger partial charge in [0.25, 0.3) is 11.1 Å². The minimum Gasteiger partial charge on any atom is -0.497 e. The Morgan fingerprint density at radius 2 is 2.00 bits per heavy atom. The predicted molar refractivity (Wildman–Crippen MR) is 83.2 cm³/mol. The molecule has 2 heterocycles. The van der Waals surface area contributed by atoms with Crippen LogP contribution in [0.25, 0.3) is 16.6 Å². The van der Waals surface area contributed by atoms with Crippen LogP contribution in [0.4, 0.5) is 4.79 Å². The maximum Gasteiger partial charge on any atom is 0.290 e. The Labute approximate surface area is 129 Å². The van der Waals surface area contributed by atoms with Crippen molar-refractivity contribution in [1.29, 1.82) is 0 Å². The van der Waals surface area contributed by atoms with Crippen molar-refractivity contribution in [2.24, 2.45) is 0 Å². The number of thiazole rings is 1. The molecule has 1 N–H and O–H groups in total. The highest BCUT2D eigenvalue weighted by atomic mass is 32.2. The van der Waals surface area contributed by atoms with Crippen LogP contribution in [0.3, 0.4) is 0 Å². The summed E-state index contributed by atoms with van der Waals surface area (Å²) in [6, 6.07) is 7.59. The zero-order valence-corrected chi connectivity index (χ0v) is 12.6. The maximum absolute atomic E-state index is 11.5. The lowest BCUT2D eigenvalue weighted by atomic mass is 10.2. The fraction of sp³-hybridized carbons (Fsp3) is 0.0714. The Kier molecular flexibility index (Phi) is 3.76. The third-order valence-electron chi connectivity index (χ3n) is 2.78. The summed E-state index contributed by atoms with van der Waals surface area (Å²) < 4.78 is 5.12. The lowest BCUT2D eigenvalue weighted by Crippen LogP contribution is -2.17. The summed E-state index contributed by atoms with van der Waals surface area (Å²) in [5.41, 5.74) is 1.64. The second kappa shape index (κ2) is 5.71. The first-order valence-electron chi connectivity index (χ1n) is 6.00. The number of amides is 2. The maximum atomic E-state index is 11.5. The summed E-state index contributed by atoms with van der Waals surface area (Å²) in [4.78, 5) is 27.4. The Morgan fingerprint density at radius 3 is 2.62 bits per heavy atom. The molecular weight excluding hydrogens is 308 g/mol. The van der Waals surface area contributed by atoms with Gasteiger partial charge in [0.2, 0.25) is 0 Å². The molecular formula is C14H10N2O3S2. The number of hydrogen-bond acceptors (Lipinski definition) is 6. The molecule has 1 saturated heterocycles. The van der Waals surface area contributed by atoms with E-state index in [1.807, 2.05) is 29.6 Å². The second-order valence-electron chi connectivity index (χ2n) is 4.16. The third kappa shape index (κ3) is 2.98. The molecule has 3 rings (SSSR count). The van der Waals surface area contributed by atoms with Crippen molar-refractivity contribution in [2.75, 3.05) is 7.11 Å². The van der Waals surface area contributed by atoms with Gasteiger partial charge in [-0.1, -0.05) is 0 Å². The number of nitrogens with one attached hydrogen (secondary N) is 1. The topological polar surface area (TPSA) is 68.3 Å². The van der Waals surface area contributed by atoms with Crippen LogP contribution >= 0.6 is 23.1 Å². The van der Waals surface area contributed by atoms with Gasteiger partial charge in [-0.3, -0.25) is 14.9 Å². The van der Waals surface area contributed by atoms with Gasteiger partial charge >= 0.3 is 0 Å². The summed E-state index contributed by atoms with van der Waals surface area (Å²) in [5.74, 6) is 0.416. The Morgan fingerprint density at radius 1 is 1.24 bits per heavy atom. The van der Waals surface area contributed by atoms with Crippen LogP contribution < -0.4 is 10.1 Å². The van der Waals surface area contributed by atoms with Gasteiger partial charge in [-0.2, -0.15) is 0 Å². The molecule has 1 aromatic carbocycles. The van der Waals surface area contributed by atoms with E-state index in [-0.39, 0.29) is 11.1 Å². The Hall–Kier alpha value is -2.12. The van der Waals surface area contributed by atoms with Gasteiger partial charge in [0.1, 0.15) is 10.8 Å². The lowest BCUT2D eigenvalue weighted by molar-refractivity contribution is -0.115. The third-order valence-corrected chi connectivity index (χ3v) is 4.50. The number of carbonyl (C=O) groups is 2. The molecule has 0 saturated carbocycles. The zero-order chi connectivity index (χ0) is 14.8. The van der Waals surface area contributed by atoms with Crippen LogP contribution in [0.15, 0.2) is 34.6 Å². The highest BCUT2D eigenvalue weighted by Crippen LogP contribution is 2.29. The number of imide groups is 1. The van der Waals surface area contributed by atoms with Crippen molar-refractivity contribution >= 4 is 40.3 Å². The van der Waals surface area contributed by atoms with Crippen LogP contribution in [-0.4, -0.2) is 23.2 Å². The zero-order valence-electron chi connectivity index (χ0n) is 11.0. The summed E-state index contributed by atoms with van der Waals surface area (Å²) in [5, 5.41) is 4.56. The number of thioether (sulfide) groups is 1. The van der Waals surface area contributed by atoms with Crippen molar-refractivity contribution in [1.82, 2.24) is 10.3 Å². The van der Waals surface area contributed by atoms with E-state index < -0.39 is 0 Å². The average molecular weight is 318 g/mol. The minimum absolute atomic E-state index is 0.350. The van der Waals surface area contributed by atoms with E-state index in [2.05, 4.69) is 10.3 Å². The standard InChI is InChI=1S/C14H10N2O3S2/c1-19-10-4-2-8(3-5-10)13-15-9(7-20-13)6-11-12(17)16-14(18)21-11/h2-7H,1H3,(H,16,17,18)/b11-6+. The summed E-state index contributed by atoms with van der Waals surface area (Å²) >= 11 is 2.37.